The number of pyridine rings is 1. The molecule has 3 heterocycles. The van der Waals surface area contributed by atoms with Gasteiger partial charge in [0.15, 0.2) is 0 Å². The molecule has 1 N–H and O–H groups in total. The second-order valence-corrected chi connectivity index (χ2v) is 13.7. The average molecular weight is 705 g/mol. The van der Waals surface area contributed by atoms with Crippen LogP contribution in [0.3, 0.4) is 0 Å². The Labute approximate surface area is 305 Å². The van der Waals surface area contributed by atoms with Crippen molar-refractivity contribution in [1.82, 2.24) is 30.1 Å². The van der Waals surface area contributed by atoms with Gasteiger partial charge in [0.05, 0.1) is 18.6 Å². The van der Waals surface area contributed by atoms with Crippen LogP contribution in [0.4, 0.5) is 4.79 Å². The van der Waals surface area contributed by atoms with Crippen molar-refractivity contribution in [2.75, 3.05) is 20.1 Å². The number of nitrogens with one attached hydrogen (secondary N) is 1. The van der Waals surface area contributed by atoms with E-state index in [1.807, 2.05) is 72.8 Å². The van der Waals surface area contributed by atoms with Gasteiger partial charge in [0.25, 0.3) is 0 Å². The first-order valence-corrected chi connectivity index (χ1v) is 18.4. The molecule has 2 saturated heterocycles. The smallest absolute Gasteiger partial charge is 0.334 e. The molecule has 0 spiro atoms. The van der Waals surface area contributed by atoms with Crippen molar-refractivity contribution in [3.63, 3.8) is 0 Å². The molecule has 1 unspecified atom stereocenters. The number of nitrogens with zero attached hydrogens (tertiary/aromatic N) is 5. The number of hydrogen-bond acceptors (Lipinski definition) is 7. The number of benzene rings is 3. The number of fused-ring (bicyclic) bond motifs is 2. The van der Waals surface area contributed by atoms with Gasteiger partial charge in [0.2, 0.25) is 11.8 Å². The summed E-state index contributed by atoms with van der Waals surface area (Å²) in [5.41, 5.74) is 3.42. The largest absolute Gasteiger partial charge is 0.427 e. The van der Waals surface area contributed by atoms with Gasteiger partial charge in [0.1, 0.15) is 18.0 Å². The third kappa shape index (κ3) is 8.77. The normalized spacial score (nSPS) is 17.7. The molecule has 0 aliphatic carbocycles. The number of rotatable bonds is 14. The molecule has 11 heteroatoms. The van der Waals surface area contributed by atoms with E-state index >= 15 is 0 Å². The third-order valence-corrected chi connectivity index (χ3v) is 9.83. The fourth-order valence-electron chi connectivity index (χ4n) is 7.15. The van der Waals surface area contributed by atoms with Crippen molar-refractivity contribution in [1.29, 1.82) is 0 Å². The van der Waals surface area contributed by atoms with Gasteiger partial charge in [-0.25, -0.2) is 14.8 Å². The number of amides is 4. The highest BCUT2D eigenvalue weighted by Gasteiger charge is 2.50. The van der Waals surface area contributed by atoms with Crippen molar-refractivity contribution >= 4 is 34.7 Å². The Hall–Kier alpha value is -5.29. The fourth-order valence-corrected chi connectivity index (χ4v) is 7.15. The number of aromatic nitrogens is 1. The summed E-state index contributed by atoms with van der Waals surface area (Å²) in [6.45, 7) is 2.83. The number of ether oxygens (including phenoxy) is 1. The van der Waals surface area contributed by atoms with E-state index in [1.54, 1.807) is 45.2 Å². The second-order valence-electron chi connectivity index (χ2n) is 13.7. The summed E-state index contributed by atoms with van der Waals surface area (Å²) >= 11 is 0. The van der Waals surface area contributed by atoms with Gasteiger partial charge in [0, 0.05) is 44.6 Å². The molecular formula is C41H48N6O5. The number of carbonyl (C=O) groups excluding carboxylic acids is 4. The summed E-state index contributed by atoms with van der Waals surface area (Å²) in [6.07, 6.45) is 8.11. The molecule has 2 aliphatic heterocycles. The SMILES string of the molecule is CCCCCCCCC(=O)Oc1ccc(C[C@H]2C(=O)N(Cc3cccc4cccnc34)CC3N2C(=O)CN(C)N3C(=O)NCc2ccccc2)cc1. The highest BCUT2D eigenvalue weighted by molar-refractivity contribution is 5.92. The molecule has 2 aliphatic rings. The molecule has 2 atom stereocenters. The molecule has 2 fully saturated rings. The van der Waals surface area contributed by atoms with Crippen molar-refractivity contribution < 1.29 is 23.9 Å². The number of piperazine rings is 1. The number of esters is 1. The zero-order chi connectivity index (χ0) is 36.5. The maximum Gasteiger partial charge on any atom is 0.334 e. The number of para-hydroxylation sites is 1. The molecule has 3 aromatic carbocycles. The van der Waals surface area contributed by atoms with Crippen LogP contribution >= 0.6 is 0 Å². The van der Waals surface area contributed by atoms with Crippen LogP contribution in [-0.4, -0.2) is 81.0 Å². The van der Waals surface area contributed by atoms with Crippen molar-refractivity contribution in [2.45, 2.75) is 83.6 Å². The van der Waals surface area contributed by atoms with E-state index in [9.17, 15) is 19.2 Å². The van der Waals surface area contributed by atoms with Gasteiger partial charge in [-0.1, -0.05) is 106 Å². The predicted octanol–water partition coefficient (Wildman–Crippen LogP) is 6.07. The lowest BCUT2D eigenvalue weighted by Gasteiger charge is -2.54. The van der Waals surface area contributed by atoms with Crippen molar-refractivity contribution in [2.24, 2.45) is 0 Å². The Kier molecular flexibility index (Phi) is 12.1. The van der Waals surface area contributed by atoms with Crippen LogP contribution in [0.5, 0.6) is 5.75 Å². The summed E-state index contributed by atoms with van der Waals surface area (Å²) in [6, 6.07) is 25.3. The quantitative estimate of drug-likeness (QED) is 0.0963. The minimum atomic E-state index is -0.867. The first kappa shape index (κ1) is 36.5. The summed E-state index contributed by atoms with van der Waals surface area (Å²) < 4.78 is 5.60. The zero-order valence-electron chi connectivity index (χ0n) is 30.1. The highest BCUT2D eigenvalue weighted by Crippen LogP contribution is 2.30. The summed E-state index contributed by atoms with van der Waals surface area (Å²) in [4.78, 5) is 62.5. The molecule has 0 bridgehead atoms. The standard InChI is InChI=1S/C41H48N6O5/c1-3-4-5-6-7-11-19-38(49)52-34-22-20-30(21-23-34)25-35-40(50)45(27-33-17-12-16-32-18-13-24-42-39(32)33)28-36-46(35)37(48)29-44(2)47(36)41(51)43-26-31-14-9-8-10-15-31/h8-10,12-18,20-24,35-36H,3-7,11,19,25-29H2,1-2H3,(H,43,51)/t35-,36?/m0/s1. The van der Waals surface area contributed by atoms with Gasteiger partial charge in [-0.3, -0.25) is 19.4 Å². The second kappa shape index (κ2) is 17.3. The third-order valence-electron chi connectivity index (χ3n) is 9.83. The van der Waals surface area contributed by atoms with Gasteiger partial charge in [-0.05, 0) is 41.3 Å². The van der Waals surface area contributed by atoms with E-state index in [4.69, 9.17) is 4.74 Å². The number of carbonyl (C=O) groups is 4. The topological polar surface area (TPSA) is 115 Å². The molecular weight excluding hydrogens is 656 g/mol. The molecule has 6 rings (SSSR count). The van der Waals surface area contributed by atoms with E-state index in [-0.39, 0.29) is 49.9 Å². The Morgan fingerprint density at radius 3 is 2.40 bits per heavy atom. The van der Waals surface area contributed by atoms with Crippen LogP contribution in [0.25, 0.3) is 10.9 Å². The number of urea groups is 1. The number of hydrazine groups is 1. The Balaban J connectivity index is 1.22. The molecule has 11 nitrogen and oxygen atoms in total. The molecule has 0 radical (unpaired) electrons. The average Bonchev–Trinajstić information content (AvgIpc) is 3.15. The molecule has 4 aromatic rings. The molecule has 1 aromatic heterocycles. The Bertz CT molecular complexity index is 1850. The van der Waals surface area contributed by atoms with Gasteiger partial charge >= 0.3 is 12.0 Å². The van der Waals surface area contributed by atoms with E-state index < -0.39 is 12.2 Å². The zero-order valence-corrected chi connectivity index (χ0v) is 30.1. The molecule has 0 saturated carbocycles. The first-order valence-electron chi connectivity index (χ1n) is 18.4. The van der Waals surface area contributed by atoms with Crippen molar-refractivity contribution in [3.8, 4) is 5.75 Å². The predicted molar refractivity (Wildman–Crippen MR) is 199 cm³/mol. The Morgan fingerprint density at radius 1 is 0.865 bits per heavy atom. The highest BCUT2D eigenvalue weighted by atomic mass is 16.5. The van der Waals surface area contributed by atoms with Crippen LogP contribution in [0.2, 0.25) is 0 Å². The van der Waals surface area contributed by atoms with Crippen LogP contribution in [0.15, 0.2) is 91.1 Å². The van der Waals surface area contributed by atoms with Crippen LogP contribution < -0.4 is 10.1 Å². The van der Waals surface area contributed by atoms with Gasteiger partial charge < -0.3 is 19.9 Å². The Morgan fingerprint density at radius 2 is 1.62 bits per heavy atom. The minimum absolute atomic E-state index is 0.0558. The van der Waals surface area contributed by atoms with E-state index in [0.29, 0.717) is 18.7 Å². The minimum Gasteiger partial charge on any atom is -0.427 e. The summed E-state index contributed by atoms with van der Waals surface area (Å²) in [5.74, 6) is -0.263. The number of likely N-dealkylation sites (N-methyl/N-ethyl adjacent to an activating group) is 1. The summed E-state index contributed by atoms with van der Waals surface area (Å²) in [5, 5.41) is 7.16. The monoisotopic (exact) mass is 704 g/mol. The van der Waals surface area contributed by atoms with Gasteiger partial charge in [-0.2, -0.15) is 0 Å². The van der Waals surface area contributed by atoms with E-state index in [0.717, 1.165) is 46.9 Å². The lowest BCUT2D eigenvalue weighted by atomic mass is 9.98. The van der Waals surface area contributed by atoms with E-state index in [1.165, 1.54) is 19.3 Å². The van der Waals surface area contributed by atoms with Crippen LogP contribution in [0, 0.1) is 0 Å². The number of hydrogen-bond donors (Lipinski definition) is 1. The lowest BCUT2D eigenvalue weighted by molar-refractivity contribution is -0.187. The summed E-state index contributed by atoms with van der Waals surface area (Å²) in [7, 11) is 1.72. The van der Waals surface area contributed by atoms with Crippen LogP contribution in [-0.2, 0) is 33.9 Å². The molecule has 272 valence electrons. The van der Waals surface area contributed by atoms with Gasteiger partial charge in [-0.15, -0.1) is 0 Å². The van der Waals surface area contributed by atoms with Crippen LogP contribution in [0.1, 0.15) is 68.6 Å². The molecule has 52 heavy (non-hydrogen) atoms. The number of unbranched alkanes of at least 4 members (excludes halogenated alkanes) is 5. The lowest BCUT2D eigenvalue weighted by Crippen LogP contribution is -2.76. The maximum atomic E-state index is 14.4. The molecule has 4 amide bonds. The fraction of sp³-hybridized carbons (Fsp3) is 0.390. The van der Waals surface area contributed by atoms with E-state index in [2.05, 4.69) is 17.2 Å². The maximum absolute atomic E-state index is 14.4. The van der Waals surface area contributed by atoms with Crippen molar-refractivity contribution in [3.05, 3.63) is 108 Å². The first-order chi connectivity index (χ1) is 25.3.